The molecule has 26 heavy (non-hydrogen) atoms. The number of anilines is 1. The van der Waals surface area contributed by atoms with Gasteiger partial charge in [0.1, 0.15) is 5.75 Å². The molecule has 132 valence electrons. The third-order valence-corrected chi connectivity index (χ3v) is 8.95. The molecule has 2 heterocycles. The minimum absolute atomic E-state index is 0.125. The minimum atomic E-state index is -3.12. The van der Waals surface area contributed by atoms with Gasteiger partial charge in [-0.3, -0.25) is 4.57 Å². The fourth-order valence-corrected chi connectivity index (χ4v) is 8.04. The number of nitrogens with zero attached hydrogens (tertiary/aromatic N) is 2. The van der Waals surface area contributed by atoms with Crippen LogP contribution in [0.1, 0.15) is 12.8 Å². The van der Waals surface area contributed by atoms with Crippen molar-refractivity contribution in [1.82, 2.24) is 4.67 Å². The summed E-state index contributed by atoms with van der Waals surface area (Å²) >= 11 is 0. The van der Waals surface area contributed by atoms with Gasteiger partial charge in [0.25, 0.3) is 7.44 Å². The third-order valence-electron chi connectivity index (χ3n) is 5.63. The van der Waals surface area contributed by atoms with Gasteiger partial charge in [0, 0.05) is 24.8 Å². The minimum Gasteiger partial charge on any atom is -0.507 e. The third kappa shape index (κ3) is 2.16. The van der Waals surface area contributed by atoms with E-state index in [1.807, 2.05) is 65.3 Å². The molecule has 3 aromatic carbocycles. The SMILES string of the molecule is O=[P@]1(c2c(O)ccc3ccccc23)N(c2ccccc2)C[C@@H]2CCCN21. The molecule has 2 saturated heterocycles. The lowest BCUT2D eigenvalue weighted by Crippen LogP contribution is -2.28. The predicted octanol–water partition coefficient (Wildman–Crippen LogP) is 4.35. The Morgan fingerprint density at radius 3 is 2.58 bits per heavy atom. The van der Waals surface area contributed by atoms with Crippen LogP contribution in [0.25, 0.3) is 10.8 Å². The number of para-hydroxylation sites is 1. The van der Waals surface area contributed by atoms with Crippen LogP contribution >= 0.6 is 7.44 Å². The molecule has 0 amide bonds. The zero-order valence-electron chi connectivity index (χ0n) is 14.5. The fourth-order valence-electron chi connectivity index (χ4n) is 4.47. The molecule has 4 nitrogen and oxygen atoms in total. The summed E-state index contributed by atoms with van der Waals surface area (Å²) in [5.74, 6) is 0.125. The van der Waals surface area contributed by atoms with Crippen LogP contribution in [0, 0.1) is 0 Å². The number of fused-ring (bicyclic) bond motifs is 2. The molecule has 5 heteroatoms. The molecule has 0 unspecified atom stereocenters. The van der Waals surface area contributed by atoms with E-state index in [2.05, 4.69) is 4.67 Å². The van der Waals surface area contributed by atoms with Crippen molar-refractivity contribution in [1.29, 1.82) is 0 Å². The van der Waals surface area contributed by atoms with E-state index in [9.17, 15) is 9.67 Å². The smallest absolute Gasteiger partial charge is 0.273 e. The van der Waals surface area contributed by atoms with Crippen LogP contribution in [-0.2, 0) is 4.57 Å². The van der Waals surface area contributed by atoms with Crippen LogP contribution in [0.3, 0.4) is 0 Å². The second-order valence-corrected chi connectivity index (χ2v) is 9.61. The highest BCUT2D eigenvalue weighted by Gasteiger charge is 2.53. The molecule has 0 radical (unpaired) electrons. The standard InChI is InChI=1S/C21H21N2O2P/c24-20-13-12-16-7-4-5-11-19(16)21(20)26(25)22-14-6-10-18(22)15-23(26)17-8-2-1-3-9-17/h1-5,7-9,11-13,18,24H,6,10,14-15H2/t18-,26-/m0/s1. The highest BCUT2D eigenvalue weighted by molar-refractivity contribution is 7.72. The number of phenols is 1. The topological polar surface area (TPSA) is 43.8 Å². The molecule has 0 saturated carbocycles. The average Bonchev–Trinajstić information content (AvgIpc) is 3.24. The van der Waals surface area contributed by atoms with Gasteiger partial charge in [-0.1, -0.05) is 48.5 Å². The van der Waals surface area contributed by atoms with Gasteiger partial charge >= 0.3 is 0 Å². The first-order chi connectivity index (χ1) is 12.7. The van der Waals surface area contributed by atoms with Gasteiger partial charge in [0.15, 0.2) is 0 Å². The highest BCUT2D eigenvalue weighted by atomic mass is 31.2. The first-order valence-corrected chi connectivity index (χ1v) is 10.7. The Balaban J connectivity index is 1.79. The summed E-state index contributed by atoms with van der Waals surface area (Å²) in [4.78, 5) is 0. The second-order valence-electron chi connectivity index (χ2n) is 7.08. The maximum absolute atomic E-state index is 14.7. The van der Waals surface area contributed by atoms with Crippen LogP contribution in [0.15, 0.2) is 66.7 Å². The second kappa shape index (κ2) is 5.87. The van der Waals surface area contributed by atoms with Crippen LogP contribution in [0.5, 0.6) is 5.75 Å². The van der Waals surface area contributed by atoms with Crippen molar-refractivity contribution in [3.05, 3.63) is 66.7 Å². The summed E-state index contributed by atoms with van der Waals surface area (Å²) in [6.07, 6.45) is 2.11. The van der Waals surface area contributed by atoms with E-state index in [0.29, 0.717) is 5.30 Å². The Morgan fingerprint density at radius 2 is 1.73 bits per heavy atom. The zero-order chi connectivity index (χ0) is 17.7. The Kier molecular flexibility index (Phi) is 3.59. The maximum Gasteiger partial charge on any atom is 0.273 e. The molecule has 5 rings (SSSR count). The molecule has 0 spiro atoms. The highest BCUT2D eigenvalue weighted by Crippen LogP contribution is 2.63. The van der Waals surface area contributed by atoms with E-state index >= 15 is 0 Å². The van der Waals surface area contributed by atoms with Crippen molar-refractivity contribution < 1.29 is 9.67 Å². The van der Waals surface area contributed by atoms with E-state index in [-0.39, 0.29) is 11.8 Å². The van der Waals surface area contributed by atoms with Gasteiger partial charge in [-0.2, -0.15) is 0 Å². The fraction of sp³-hybridized carbons (Fsp3) is 0.238. The Labute approximate surface area is 153 Å². The van der Waals surface area contributed by atoms with Gasteiger partial charge < -0.3 is 9.78 Å². The van der Waals surface area contributed by atoms with Crippen molar-refractivity contribution in [2.45, 2.75) is 18.9 Å². The molecule has 2 atom stereocenters. The van der Waals surface area contributed by atoms with E-state index in [4.69, 9.17) is 0 Å². The zero-order valence-corrected chi connectivity index (χ0v) is 15.3. The van der Waals surface area contributed by atoms with Gasteiger partial charge in [-0.05, 0) is 41.8 Å². The molecule has 0 bridgehead atoms. The number of benzene rings is 3. The molecular formula is C21H21N2O2P. The Hall–Kier alpha value is -2.29. The largest absolute Gasteiger partial charge is 0.507 e. The van der Waals surface area contributed by atoms with Crippen LogP contribution < -0.4 is 9.97 Å². The quantitative estimate of drug-likeness (QED) is 0.687. The van der Waals surface area contributed by atoms with E-state index < -0.39 is 7.44 Å². The summed E-state index contributed by atoms with van der Waals surface area (Å²) in [6, 6.07) is 21.7. The van der Waals surface area contributed by atoms with Crippen molar-refractivity contribution in [2.24, 2.45) is 0 Å². The lowest BCUT2D eigenvalue weighted by molar-refractivity contribution is 0.434. The van der Waals surface area contributed by atoms with E-state index in [1.165, 1.54) is 0 Å². The maximum atomic E-state index is 14.7. The van der Waals surface area contributed by atoms with Crippen molar-refractivity contribution in [3.8, 4) is 5.75 Å². The van der Waals surface area contributed by atoms with Gasteiger partial charge in [-0.15, -0.1) is 0 Å². The van der Waals surface area contributed by atoms with Crippen LogP contribution in [0.4, 0.5) is 5.69 Å². The lowest BCUT2D eigenvalue weighted by atomic mass is 10.1. The summed E-state index contributed by atoms with van der Waals surface area (Å²) in [6.45, 7) is 1.55. The first-order valence-electron chi connectivity index (χ1n) is 9.11. The van der Waals surface area contributed by atoms with Crippen molar-refractivity contribution in [2.75, 3.05) is 17.8 Å². The monoisotopic (exact) mass is 364 g/mol. The van der Waals surface area contributed by atoms with E-state index in [1.54, 1.807) is 6.07 Å². The number of phenolic OH excluding ortho intramolecular Hbond substituents is 1. The molecule has 0 aromatic heterocycles. The number of hydrogen-bond donors (Lipinski definition) is 1. The van der Waals surface area contributed by atoms with E-state index in [0.717, 1.165) is 42.4 Å². The first kappa shape index (κ1) is 15.9. The summed E-state index contributed by atoms with van der Waals surface area (Å²) in [7, 11) is -3.12. The number of aromatic hydroxyl groups is 1. The van der Waals surface area contributed by atoms with Crippen LogP contribution in [0.2, 0.25) is 0 Å². The predicted molar refractivity (Wildman–Crippen MR) is 106 cm³/mol. The summed E-state index contributed by atoms with van der Waals surface area (Å²) in [5.41, 5.74) is 0.956. The number of rotatable bonds is 2. The summed E-state index contributed by atoms with van der Waals surface area (Å²) < 4.78 is 18.9. The average molecular weight is 364 g/mol. The van der Waals surface area contributed by atoms with Gasteiger partial charge in [0.2, 0.25) is 0 Å². The molecule has 0 aliphatic carbocycles. The lowest BCUT2D eigenvalue weighted by Gasteiger charge is -2.32. The van der Waals surface area contributed by atoms with Crippen LogP contribution in [-0.4, -0.2) is 28.9 Å². The molecule has 3 aromatic rings. The molecular weight excluding hydrogens is 343 g/mol. The summed E-state index contributed by atoms with van der Waals surface area (Å²) in [5, 5.41) is 13.3. The Bertz CT molecular complexity index is 1020. The Morgan fingerprint density at radius 1 is 0.962 bits per heavy atom. The van der Waals surface area contributed by atoms with Crippen molar-refractivity contribution >= 4 is 29.2 Å². The molecule has 2 aliphatic rings. The number of hydrogen-bond acceptors (Lipinski definition) is 2. The van der Waals surface area contributed by atoms with Crippen molar-refractivity contribution in [3.63, 3.8) is 0 Å². The molecule has 2 fully saturated rings. The van der Waals surface area contributed by atoms with Gasteiger partial charge in [0.05, 0.1) is 5.30 Å². The van der Waals surface area contributed by atoms with Gasteiger partial charge in [-0.25, -0.2) is 4.67 Å². The normalized spacial score (nSPS) is 25.7. The molecule has 2 aliphatic heterocycles. The molecule has 1 N–H and O–H groups in total.